The van der Waals surface area contributed by atoms with Crippen LogP contribution in [0.3, 0.4) is 0 Å². The maximum Gasteiger partial charge on any atom is 0.255 e. The molecule has 3 rings (SSSR count). The molecule has 0 aromatic heterocycles. The van der Waals surface area contributed by atoms with Crippen molar-refractivity contribution in [2.45, 2.75) is 30.6 Å². The van der Waals surface area contributed by atoms with Crippen molar-refractivity contribution in [2.24, 2.45) is 0 Å². The van der Waals surface area contributed by atoms with Gasteiger partial charge in [-0.2, -0.15) is 4.31 Å². The Morgan fingerprint density at radius 3 is 2.11 bits per heavy atom. The summed E-state index contributed by atoms with van der Waals surface area (Å²) >= 11 is 18.1. The molecule has 1 aliphatic heterocycles. The van der Waals surface area contributed by atoms with E-state index in [1.807, 2.05) is 0 Å². The Labute approximate surface area is 179 Å². The van der Waals surface area contributed by atoms with E-state index in [1.165, 1.54) is 22.5 Å². The van der Waals surface area contributed by atoms with Crippen molar-refractivity contribution in [3.63, 3.8) is 0 Å². The van der Waals surface area contributed by atoms with Crippen LogP contribution in [0.4, 0.5) is 5.69 Å². The number of anilines is 1. The van der Waals surface area contributed by atoms with E-state index in [9.17, 15) is 13.2 Å². The molecular weight excluding hydrogens is 443 g/mol. The smallest absolute Gasteiger partial charge is 0.255 e. The summed E-state index contributed by atoms with van der Waals surface area (Å²) in [5.74, 6) is -0.484. The molecule has 0 radical (unpaired) electrons. The fourth-order valence-electron chi connectivity index (χ4n) is 3.09. The Kier molecular flexibility index (Phi) is 6.89. The third-order valence-electron chi connectivity index (χ3n) is 4.50. The zero-order valence-electron chi connectivity index (χ0n) is 14.9. The molecule has 1 heterocycles. The molecule has 1 aliphatic rings. The van der Waals surface area contributed by atoms with Gasteiger partial charge in [0.25, 0.3) is 5.91 Å². The molecule has 2 aromatic rings. The summed E-state index contributed by atoms with van der Waals surface area (Å²) in [6.45, 7) is 0.909. The van der Waals surface area contributed by atoms with E-state index < -0.39 is 15.9 Å². The molecule has 0 spiro atoms. The standard InChI is InChI=1S/C19H19Cl3N2O3S/c20-14-10-15(21)12-16(11-14)23-19(25)13-5-6-17(22)18(9-13)28(26,27)24-7-3-1-2-4-8-24/h5-6,9-12H,1-4,7-8H2,(H,23,25). The van der Waals surface area contributed by atoms with Crippen molar-refractivity contribution in [1.82, 2.24) is 4.31 Å². The zero-order valence-corrected chi connectivity index (χ0v) is 18.0. The molecule has 1 fully saturated rings. The first-order chi connectivity index (χ1) is 13.3. The van der Waals surface area contributed by atoms with Crippen LogP contribution in [-0.2, 0) is 10.0 Å². The first-order valence-electron chi connectivity index (χ1n) is 8.84. The van der Waals surface area contributed by atoms with Crippen molar-refractivity contribution < 1.29 is 13.2 Å². The van der Waals surface area contributed by atoms with Gasteiger partial charge in [0.2, 0.25) is 10.0 Å². The summed E-state index contributed by atoms with van der Waals surface area (Å²) in [7, 11) is -3.78. The third kappa shape index (κ3) is 4.99. The summed E-state index contributed by atoms with van der Waals surface area (Å²) in [6, 6.07) is 8.86. The number of amides is 1. The Morgan fingerprint density at radius 2 is 1.50 bits per heavy atom. The highest BCUT2D eigenvalue weighted by molar-refractivity contribution is 7.89. The van der Waals surface area contributed by atoms with Crippen LogP contribution in [0.5, 0.6) is 0 Å². The Hall–Kier alpha value is -1.31. The first kappa shape index (κ1) is 21.4. The SMILES string of the molecule is O=C(Nc1cc(Cl)cc(Cl)c1)c1ccc(Cl)c(S(=O)(=O)N2CCCCCC2)c1. The molecule has 2 aromatic carbocycles. The number of halogens is 3. The molecule has 0 atom stereocenters. The van der Waals surface area contributed by atoms with E-state index in [4.69, 9.17) is 34.8 Å². The monoisotopic (exact) mass is 460 g/mol. The summed E-state index contributed by atoms with van der Waals surface area (Å²) in [5, 5.41) is 3.51. The second-order valence-corrected chi connectivity index (χ2v) is 9.76. The molecule has 1 N–H and O–H groups in total. The molecule has 150 valence electrons. The number of hydrogen-bond acceptors (Lipinski definition) is 3. The molecule has 9 heteroatoms. The zero-order chi connectivity index (χ0) is 20.3. The average Bonchev–Trinajstić information content (AvgIpc) is 2.91. The van der Waals surface area contributed by atoms with Crippen LogP contribution < -0.4 is 5.32 Å². The van der Waals surface area contributed by atoms with Gasteiger partial charge in [-0.15, -0.1) is 0 Å². The van der Waals surface area contributed by atoms with E-state index in [1.54, 1.807) is 18.2 Å². The fourth-order valence-corrected chi connectivity index (χ4v) is 5.64. The maximum absolute atomic E-state index is 13.1. The summed E-state index contributed by atoms with van der Waals surface area (Å²) < 4.78 is 27.6. The maximum atomic E-state index is 13.1. The van der Waals surface area contributed by atoms with Crippen LogP contribution in [0.2, 0.25) is 15.1 Å². The second kappa shape index (κ2) is 9.01. The van der Waals surface area contributed by atoms with Crippen LogP contribution in [0.25, 0.3) is 0 Å². The number of benzene rings is 2. The highest BCUT2D eigenvalue weighted by Crippen LogP contribution is 2.28. The lowest BCUT2D eigenvalue weighted by Gasteiger charge is -2.21. The largest absolute Gasteiger partial charge is 0.322 e. The fraction of sp³-hybridized carbons (Fsp3) is 0.316. The number of carbonyl (C=O) groups excluding carboxylic acids is 1. The van der Waals surface area contributed by atoms with Crippen molar-refractivity contribution in [3.05, 3.63) is 57.0 Å². The Morgan fingerprint density at radius 1 is 0.893 bits per heavy atom. The van der Waals surface area contributed by atoms with E-state index in [2.05, 4.69) is 5.32 Å². The van der Waals surface area contributed by atoms with E-state index in [0.717, 1.165) is 25.7 Å². The van der Waals surface area contributed by atoms with Crippen LogP contribution in [0.15, 0.2) is 41.3 Å². The molecule has 0 unspecified atom stereocenters. The van der Waals surface area contributed by atoms with E-state index >= 15 is 0 Å². The Bertz CT molecular complexity index is 968. The third-order valence-corrected chi connectivity index (χ3v) is 7.31. The molecular formula is C19H19Cl3N2O3S. The quantitative estimate of drug-likeness (QED) is 0.657. The van der Waals surface area contributed by atoms with Crippen molar-refractivity contribution >= 4 is 56.4 Å². The summed E-state index contributed by atoms with van der Waals surface area (Å²) in [5.41, 5.74) is 0.586. The molecule has 1 amide bonds. The molecule has 0 saturated carbocycles. The molecule has 0 aliphatic carbocycles. The first-order valence-corrected chi connectivity index (χ1v) is 11.4. The lowest BCUT2D eigenvalue weighted by Crippen LogP contribution is -2.32. The minimum absolute atomic E-state index is 0.0622. The van der Waals surface area contributed by atoms with Gasteiger partial charge in [-0.1, -0.05) is 47.6 Å². The molecule has 1 saturated heterocycles. The van der Waals surface area contributed by atoms with Gasteiger partial charge in [-0.3, -0.25) is 4.79 Å². The molecule has 0 bridgehead atoms. The van der Waals surface area contributed by atoms with Gasteiger partial charge >= 0.3 is 0 Å². The highest BCUT2D eigenvalue weighted by atomic mass is 35.5. The Balaban J connectivity index is 1.89. The van der Waals surface area contributed by atoms with Gasteiger partial charge in [-0.05, 0) is 49.2 Å². The van der Waals surface area contributed by atoms with Crippen LogP contribution in [0, 0.1) is 0 Å². The van der Waals surface area contributed by atoms with Crippen LogP contribution >= 0.6 is 34.8 Å². The predicted octanol–water partition coefficient (Wildman–Crippen LogP) is 5.46. The van der Waals surface area contributed by atoms with Crippen LogP contribution in [-0.4, -0.2) is 31.7 Å². The van der Waals surface area contributed by atoms with Crippen molar-refractivity contribution in [3.8, 4) is 0 Å². The van der Waals surface area contributed by atoms with Gasteiger partial charge in [0.15, 0.2) is 0 Å². The second-order valence-electron chi connectivity index (χ2n) is 6.58. The average molecular weight is 462 g/mol. The van der Waals surface area contributed by atoms with Gasteiger partial charge in [0.1, 0.15) is 4.90 Å². The predicted molar refractivity (Wildman–Crippen MR) is 113 cm³/mol. The number of nitrogens with zero attached hydrogens (tertiary/aromatic N) is 1. The number of nitrogens with one attached hydrogen (secondary N) is 1. The van der Waals surface area contributed by atoms with Gasteiger partial charge < -0.3 is 5.32 Å². The summed E-state index contributed by atoms with van der Waals surface area (Å²) in [4.78, 5) is 12.5. The van der Waals surface area contributed by atoms with E-state index in [0.29, 0.717) is 28.8 Å². The molecule has 28 heavy (non-hydrogen) atoms. The number of carbonyl (C=O) groups is 1. The number of hydrogen-bond donors (Lipinski definition) is 1. The number of sulfonamides is 1. The minimum Gasteiger partial charge on any atom is -0.322 e. The molecule has 5 nitrogen and oxygen atoms in total. The van der Waals surface area contributed by atoms with Crippen molar-refractivity contribution in [1.29, 1.82) is 0 Å². The van der Waals surface area contributed by atoms with Crippen LogP contribution in [0.1, 0.15) is 36.0 Å². The van der Waals surface area contributed by atoms with Gasteiger partial charge in [0, 0.05) is 34.4 Å². The van der Waals surface area contributed by atoms with Crippen molar-refractivity contribution in [2.75, 3.05) is 18.4 Å². The van der Waals surface area contributed by atoms with E-state index in [-0.39, 0.29) is 15.5 Å². The normalized spacial score (nSPS) is 15.8. The summed E-state index contributed by atoms with van der Waals surface area (Å²) in [6.07, 6.45) is 3.63. The topological polar surface area (TPSA) is 66.5 Å². The lowest BCUT2D eigenvalue weighted by atomic mass is 10.2. The van der Waals surface area contributed by atoms with Gasteiger partial charge in [-0.25, -0.2) is 8.42 Å². The highest BCUT2D eigenvalue weighted by Gasteiger charge is 2.28. The van der Waals surface area contributed by atoms with Gasteiger partial charge in [0.05, 0.1) is 5.02 Å². The number of rotatable bonds is 4. The lowest BCUT2D eigenvalue weighted by molar-refractivity contribution is 0.102. The minimum atomic E-state index is -3.78.